The van der Waals surface area contributed by atoms with Crippen LogP contribution < -0.4 is 5.32 Å². The van der Waals surface area contributed by atoms with Crippen LogP contribution in [0.5, 0.6) is 0 Å². The van der Waals surface area contributed by atoms with Crippen LogP contribution in [0.4, 0.5) is 5.13 Å². The number of nitrogens with zero attached hydrogens (tertiary/aromatic N) is 1. The van der Waals surface area contributed by atoms with Crippen LogP contribution in [-0.4, -0.2) is 10.9 Å². The maximum Gasteiger partial charge on any atom is 0.233 e. The van der Waals surface area contributed by atoms with Crippen molar-refractivity contribution < 1.29 is 4.79 Å². The van der Waals surface area contributed by atoms with E-state index in [-0.39, 0.29) is 23.2 Å². The lowest BCUT2D eigenvalue weighted by molar-refractivity contribution is -0.118. The topological polar surface area (TPSA) is 42.0 Å². The minimum atomic E-state index is -0.228. The molecule has 0 aliphatic rings. The SMILES string of the molecule is CC(C)[C@@H](C(=O)Nc1nc(C(C)(C)C)cs1)c1ccc(Cl)cc1. The second-order valence-electron chi connectivity index (χ2n) is 7.05. The molecule has 0 fully saturated rings. The van der Waals surface area contributed by atoms with Crippen LogP contribution in [0.15, 0.2) is 29.6 Å². The van der Waals surface area contributed by atoms with Crippen LogP contribution in [-0.2, 0) is 10.2 Å². The number of thiazole rings is 1. The number of rotatable bonds is 4. The molecular formula is C18H23ClN2OS. The van der Waals surface area contributed by atoms with Crippen molar-refractivity contribution in [3.63, 3.8) is 0 Å². The van der Waals surface area contributed by atoms with Crippen molar-refractivity contribution in [2.24, 2.45) is 5.92 Å². The number of carbonyl (C=O) groups excluding carboxylic acids is 1. The molecule has 23 heavy (non-hydrogen) atoms. The van der Waals surface area contributed by atoms with Gasteiger partial charge in [0.15, 0.2) is 5.13 Å². The van der Waals surface area contributed by atoms with Crippen LogP contribution in [0.3, 0.4) is 0 Å². The molecule has 2 rings (SSSR count). The molecule has 1 atom stereocenters. The molecule has 0 saturated carbocycles. The van der Waals surface area contributed by atoms with E-state index in [2.05, 4.69) is 31.1 Å². The molecule has 1 N–H and O–H groups in total. The summed E-state index contributed by atoms with van der Waals surface area (Å²) in [5.74, 6) is -0.0791. The molecule has 124 valence electrons. The van der Waals surface area contributed by atoms with Gasteiger partial charge in [-0.25, -0.2) is 4.98 Å². The first-order valence-electron chi connectivity index (χ1n) is 7.71. The van der Waals surface area contributed by atoms with E-state index in [1.54, 1.807) is 0 Å². The van der Waals surface area contributed by atoms with Gasteiger partial charge in [0.1, 0.15) is 0 Å². The molecule has 0 unspecified atom stereocenters. The number of nitrogens with one attached hydrogen (secondary N) is 1. The summed E-state index contributed by atoms with van der Waals surface area (Å²) in [6, 6.07) is 7.46. The fourth-order valence-corrected chi connectivity index (χ4v) is 3.43. The fourth-order valence-electron chi connectivity index (χ4n) is 2.37. The molecular weight excluding hydrogens is 328 g/mol. The number of aromatic nitrogens is 1. The Kier molecular flexibility index (Phi) is 5.48. The summed E-state index contributed by atoms with van der Waals surface area (Å²) >= 11 is 7.41. The van der Waals surface area contributed by atoms with Gasteiger partial charge in [0.05, 0.1) is 11.6 Å². The van der Waals surface area contributed by atoms with Crippen molar-refractivity contribution in [1.29, 1.82) is 0 Å². The number of benzene rings is 1. The number of anilines is 1. The minimum Gasteiger partial charge on any atom is -0.301 e. The van der Waals surface area contributed by atoms with Crippen LogP contribution in [0, 0.1) is 5.92 Å². The van der Waals surface area contributed by atoms with Crippen molar-refractivity contribution in [2.75, 3.05) is 5.32 Å². The summed E-state index contributed by atoms with van der Waals surface area (Å²) in [6.07, 6.45) is 0. The van der Waals surface area contributed by atoms with Gasteiger partial charge >= 0.3 is 0 Å². The number of hydrogen-bond acceptors (Lipinski definition) is 3. The smallest absolute Gasteiger partial charge is 0.233 e. The van der Waals surface area contributed by atoms with Crippen molar-refractivity contribution in [1.82, 2.24) is 4.98 Å². The summed E-state index contributed by atoms with van der Waals surface area (Å²) in [5.41, 5.74) is 1.94. The van der Waals surface area contributed by atoms with Crippen molar-refractivity contribution in [2.45, 2.75) is 46.0 Å². The predicted molar refractivity (Wildman–Crippen MR) is 98.5 cm³/mol. The Morgan fingerprint density at radius 3 is 2.30 bits per heavy atom. The Labute approximate surface area is 147 Å². The lowest BCUT2D eigenvalue weighted by atomic mass is 9.88. The van der Waals surface area contributed by atoms with Gasteiger partial charge in [-0.15, -0.1) is 11.3 Å². The van der Waals surface area contributed by atoms with Gasteiger partial charge < -0.3 is 5.32 Å². The van der Waals surface area contributed by atoms with E-state index in [1.165, 1.54) is 11.3 Å². The van der Waals surface area contributed by atoms with Crippen molar-refractivity contribution >= 4 is 34.0 Å². The highest BCUT2D eigenvalue weighted by Crippen LogP contribution is 2.30. The second kappa shape index (κ2) is 7.02. The highest BCUT2D eigenvalue weighted by molar-refractivity contribution is 7.14. The van der Waals surface area contributed by atoms with Gasteiger partial charge in [-0.2, -0.15) is 0 Å². The molecule has 5 heteroatoms. The van der Waals surface area contributed by atoms with Gasteiger partial charge in [0.25, 0.3) is 0 Å². The van der Waals surface area contributed by atoms with Crippen LogP contribution in [0.25, 0.3) is 0 Å². The van der Waals surface area contributed by atoms with E-state index in [0.717, 1.165) is 11.3 Å². The largest absolute Gasteiger partial charge is 0.301 e. The molecule has 1 amide bonds. The Morgan fingerprint density at radius 2 is 1.83 bits per heavy atom. The predicted octanol–water partition coefficient (Wildman–Crippen LogP) is 5.47. The first-order valence-corrected chi connectivity index (χ1v) is 8.96. The highest BCUT2D eigenvalue weighted by Gasteiger charge is 2.25. The maximum absolute atomic E-state index is 12.7. The van der Waals surface area contributed by atoms with Crippen LogP contribution in [0.2, 0.25) is 5.02 Å². The molecule has 2 aromatic rings. The van der Waals surface area contributed by atoms with Gasteiger partial charge in [-0.05, 0) is 23.6 Å². The molecule has 0 bridgehead atoms. The zero-order chi connectivity index (χ0) is 17.2. The van der Waals surface area contributed by atoms with Gasteiger partial charge in [-0.3, -0.25) is 4.79 Å². The van der Waals surface area contributed by atoms with E-state index in [0.29, 0.717) is 10.2 Å². The minimum absolute atomic E-state index is 0.0207. The van der Waals surface area contributed by atoms with E-state index in [9.17, 15) is 4.79 Å². The highest BCUT2D eigenvalue weighted by atomic mass is 35.5. The average molecular weight is 351 g/mol. The first kappa shape index (κ1) is 18.0. The lowest BCUT2D eigenvalue weighted by Crippen LogP contribution is -2.25. The molecule has 0 spiro atoms. The van der Waals surface area contributed by atoms with E-state index in [4.69, 9.17) is 11.6 Å². The van der Waals surface area contributed by atoms with Crippen LogP contribution >= 0.6 is 22.9 Å². The fraction of sp³-hybridized carbons (Fsp3) is 0.444. The summed E-state index contributed by atoms with van der Waals surface area (Å²) in [6.45, 7) is 10.4. The molecule has 1 aromatic carbocycles. The number of hydrogen-bond donors (Lipinski definition) is 1. The molecule has 0 saturated heterocycles. The summed E-state index contributed by atoms with van der Waals surface area (Å²) < 4.78 is 0. The van der Waals surface area contributed by atoms with Gasteiger partial charge in [0.2, 0.25) is 5.91 Å². The average Bonchev–Trinajstić information content (AvgIpc) is 2.89. The second-order valence-corrected chi connectivity index (χ2v) is 8.34. The van der Waals surface area contributed by atoms with Gasteiger partial charge in [0, 0.05) is 15.8 Å². The van der Waals surface area contributed by atoms with E-state index >= 15 is 0 Å². The quantitative estimate of drug-likeness (QED) is 0.794. The van der Waals surface area contributed by atoms with Crippen molar-refractivity contribution in [3.05, 3.63) is 45.9 Å². The van der Waals surface area contributed by atoms with E-state index < -0.39 is 0 Å². The standard InChI is InChI=1S/C18H23ClN2OS/c1-11(2)15(12-6-8-13(19)9-7-12)16(22)21-17-20-14(10-23-17)18(3,4)5/h6-11,15H,1-5H3,(H,20,21,22)/t15-/m1/s1. The number of halogens is 1. The third-order valence-corrected chi connectivity index (χ3v) is 4.69. The Morgan fingerprint density at radius 1 is 1.22 bits per heavy atom. The van der Waals surface area contributed by atoms with E-state index in [1.807, 2.05) is 43.5 Å². The van der Waals surface area contributed by atoms with Gasteiger partial charge in [-0.1, -0.05) is 58.4 Å². The number of amides is 1. The third kappa shape index (κ3) is 4.55. The normalized spacial score (nSPS) is 13.2. The summed E-state index contributed by atoms with van der Waals surface area (Å²) in [5, 5.41) is 6.29. The van der Waals surface area contributed by atoms with Crippen LogP contribution in [0.1, 0.15) is 51.8 Å². The Hall–Kier alpha value is -1.39. The Bertz CT molecular complexity index is 671. The Balaban J connectivity index is 2.19. The molecule has 0 aliphatic heterocycles. The lowest BCUT2D eigenvalue weighted by Gasteiger charge is -2.20. The molecule has 1 aromatic heterocycles. The zero-order valence-electron chi connectivity index (χ0n) is 14.2. The molecule has 3 nitrogen and oxygen atoms in total. The third-order valence-electron chi connectivity index (χ3n) is 3.68. The molecule has 1 heterocycles. The maximum atomic E-state index is 12.7. The first-order chi connectivity index (χ1) is 10.7. The monoisotopic (exact) mass is 350 g/mol. The number of carbonyl (C=O) groups is 1. The molecule has 0 aliphatic carbocycles. The summed E-state index contributed by atoms with van der Waals surface area (Å²) in [7, 11) is 0. The summed E-state index contributed by atoms with van der Waals surface area (Å²) in [4.78, 5) is 17.3. The molecule has 0 radical (unpaired) electrons. The zero-order valence-corrected chi connectivity index (χ0v) is 15.8. The van der Waals surface area contributed by atoms with Crippen molar-refractivity contribution in [3.8, 4) is 0 Å².